The molecule has 0 saturated heterocycles. The van der Waals surface area contributed by atoms with E-state index in [1.54, 1.807) is 6.07 Å². The zero-order valence-electron chi connectivity index (χ0n) is 20.3. The van der Waals surface area contributed by atoms with Crippen molar-refractivity contribution in [2.45, 2.75) is 71.3 Å². The molecule has 33 heavy (non-hydrogen) atoms. The molecule has 1 aromatic carbocycles. The van der Waals surface area contributed by atoms with Crippen LogP contribution in [0.1, 0.15) is 76.6 Å². The number of ether oxygens (including phenoxy) is 1. The van der Waals surface area contributed by atoms with Gasteiger partial charge in [-0.1, -0.05) is 27.4 Å². The molecule has 4 nitrogen and oxygen atoms in total. The van der Waals surface area contributed by atoms with Gasteiger partial charge in [-0.15, -0.1) is 0 Å². The van der Waals surface area contributed by atoms with Gasteiger partial charge in [0, 0.05) is 5.41 Å². The van der Waals surface area contributed by atoms with Crippen LogP contribution in [-0.2, 0) is 16.2 Å². The van der Waals surface area contributed by atoms with Gasteiger partial charge in [-0.25, -0.2) is 0 Å². The van der Waals surface area contributed by atoms with Crippen molar-refractivity contribution in [3.05, 3.63) is 64.5 Å². The molecule has 1 aliphatic carbocycles. The van der Waals surface area contributed by atoms with Crippen molar-refractivity contribution in [3.8, 4) is 0 Å². The normalized spacial score (nSPS) is 22.2. The first-order valence-corrected chi connectivity index (χ1v) is 13.2. The second kappa shape index (κ2) is 9.24. The molecule has 0 spiro atoms. The third-order valence-electron chi connectivity index (χ3n) is 6.57. The summed E-state index contributed by atoms with van der Waals surface area (Å²) in [7, 11) is -0.261. The average molecular weight is 466 g/mol. The van der Waals surface area contributed by atoms with Crippen LogP contribution in [0, 0.1) is 17.2 Å². The van der Waals surface area contributed by atoms with Crippen LogP contribution in [0.5, 0.6) is 0 Å². The van der Waals surface area contributed by atoms with E-state index in [1.165, 1.54) is 5.57 Å². The van der Waals surface area contributed by atoms with Crippen LogP contribution in [0.2, 0.25) is 0 Å². The third-order valence-corrected chi connectivity index (χ3v) is 7.91. The van der Waals surface area contributed by atoms with E-state index in [0.29, 0.717) is 29.1 Å². The Labute approximate surface area is 200 Å². The maximum absolute atomic E-state index is 14.9. The number of hydrogen-bond acceptors (Lipinski definition) is 3. The average Bonchev–Trinajstić information content (AvgIpc) is 3.46. The number of anilines is 2. The van der Waals surface area contributed by atoms with E-state index < -0.39 is 0 Å². The van der Waals surface area contributed by atoms with Gasteiger partial charge >= 0.3 is 132 Å². The predicted octanol–water partition coefficient (Wildman–Crippen LogP) is 7.41. The Kier molecular flexibility index (Phi) is 6.72. The van der Waals surface area contributed by atoms with Crippen LogP contribution < -0.4 is 5.32 Å². The number of hydrogen-bond donors (Lipinski definition) is 2. The molecule has 4 rings (SSSR count). The van der Waals surface area contributed by atoms with Crippen molar-refractivity contribution >= 4 is 28.5 Å². The van der Waals surface area contributed by atoms with Gasteiger partial charge < -0.3 is 4.74 Å². The topological polar surface area (TPSA) is 49.9 Å². The van der Waals surface area contributed by atoms with E-state index in [0.717, 1.165) is 53.4 Å². The summed E-state index contributed by atoms with van der Waals surface area (Å²) in [6, 6.07) is 5.75. The van der Waals surface area contributed by atoms with Gasteiger partial charge in [0.2, 0.25) is 0 Å². The summed E-state index contributed by atoms with van der Waals surface area (Å²) in [4.78, 5) is 0. The second-order valence-electron chi connectivity index (χ2n) is 10.6. The molecule has 2 aromatic rings. The molecule has 0 bridgehead atoms. The Hall–Kier alpha value is -2.15. The number of halogens is 1. The molecule has 0 amide bonds. The molecule has 2 aliphatic rings. The molecule has 2 N–H and O–H groups in total. The molecule has 1 aromatic heterocycles. The Bertz CT molecular complexity index is 1130. The first kappa shape index (κ1) is 24.0. The van der Waals surface area contributed by atoms with Gasteiger partial charge in [0.1, 0.15) is 5.76 Å². The van der Waals surface area contributed by atoms with Crippen LogP contribution in [0.25, 0.3) is 0 Å². The van der Waals surface area contributed by atoms with Crippen LogP contribution in [0.4, 0.5) is 15.9 Å². The van der Waals surface area contributed by atoms with E-state index in [-0.39, 0.29) is 21.6 Å². The second-order valence-corrected chi connectivity index (χ2v) is 12.2. The fraction of sp³-hybridized carbons (Fsp3) is 0.500. The summed E-state index contributed by atoms with van der Waals surface area (Å²) in [5.74, 6) is 4.32. The van der Waals surface area contributed by atoms with E-state index >= 15 is 0 Å². The summed E-state index contributed by atoms with van der Waals surface area (Å²) < 4.78 is 21.2. The predicted molar refractivity (Wildman–Crippen MR) is 137 cm³/mol. The first-order chi connectivity index (χ1) is 15.5. The van der Waals surface area contributed by atoms with Crippen LogP contribution in [0.15, 0.2) is 41.9 Å². The Morgan fingerprint density at radius 1 is 1.27 bits per heavy atom. The van der Waals surface area contributed by atoms with E-state index in [1.807, 2.05) is 12.1 Å². The number of nitrogens with zero attached hydrogens (tertiary/aromatic N) is 1. The number of nitrogens with one attached hydrogen (secondary N) is 2. The fourth-order valence-corrected chi connectivity index (χ4v) is 6.46. The molecule has 1 saturated carbocycles. The number of benzene rings is 1. The number of aromatic amines is 1. The third kappa shape index (κ3) is 5.18. The van der Waals surface area contributed by atoms with Gasteiger partial charge in [0.05, 0.1) is 5.76 Å². The number of H-pyrrole nitrogens is 1. The summed E-state index contributed by atoms with van der Waals surface area (Å²) in [6.45, 7) is 21.0. The number of allylic oxidation sites excluding steroid dienone is 3. The van der Waals surface area contributed by atoms with Crippen molar-refractivity contribution in [1.82, 2.24) is 10.2 Å². The summed E-state index contributed by atoms with van der Waals surface area (Å²) in [5.41, 5.74) is 4.41. The van der Waals surface area contributed by atoms with Crippen LogP contribution in [0.3, 0.4) is 0 Å². The van der Waals surface area contributed by atoms with E-state index in [2.05, 4.69) is 56.7 Å². The van der Waals surface area contributed by atoms with Crippen molar-refractivity contribution in [2.75, 3.05) is 5.32 Å². The van der Waals surface area contributed by atoms with E-state index in [9.17, 15) is 4.39 Å². The SMILES string of the molecule is [B]=S1Cc2ccc(Nc3cc(C4CCC(C(=C)OC(=C(C)C)C(C)(C)C)C4)[nH]n3)c(F)c2C1. The van der Waals surface area contributed by atoms with Crippen molar-refractivity contribution in [3.63, 3.8) is 0 Å². The molecule has 1 aliphatic heterocycles. The Balaban J connectivity index is 1.40. The molecule has 3 unspecified atom stereocenters. The summed E-state index contributed by atoms with van der Waals surface area (Å²) >= 11 is 0. The van der Waals surface area contributed by atoms with Gasteiger partial charge in [-0.05, 0) is 19.4 Å². The molecule has 1 fully saturated rings. The zero-order chi connectivity index (χ0) is 23.9. The van der Waals surface area contributed by atoms with Crippen LogP contribution >= 0.6 is 10.3 Å². The molecule has 7 heteroatoms. The molecule has 175 valence electrons. The van der Waals surface area contributed by atoms with Crippen molar-refractivity contribution < 1.29 is 9.13 Å². The van der Waals surface area contributed by atoms with Gasteiger partial charge in [-0.3, -0.25) is 0 Å². The monoisotopic (exact) mass is 466 g/mol. The van der Waals surface area contributed by atoms with E-state index in [4.69, 9.17) is 11.5 Å². The molecule has 2 heterocycles. The standard InChI is InChI=1S/C26H34BFN3OS/c1-15(2)25(26(4,5)6)32-16(3)17-7-8-18(11-17)22-12-23(31-30-22)29-21-10-9-19-13-33(27)14-20(19)24(21)28/h9-10,12,17-18H,3,7-8,11,13-14H2,1-2,4-6H3,(H2,29,30,31). The van der Waals surface area contributed by atoms with Crippen LogP contribution in [-0.4, -0.2) is 16.9 Å². The van der Waals surface area contributed by atoms with Gasteiger partial charge in [0.15, 0.2) is 0 Å². The minimum atomic E-state index is -0.261. The molecule has 1 radical (unpaired) electrons. The Morgan fingerprint density at radius 2 is 2.03 bits per heavy atom. The minimum absolute atomic E-state index is 0.0535. The van der Waals surface area contributed by atoms with Gasteiger partial charge in [0.25, 0.3) is 0 Å². The number of rotatable bonds is 6. The summed E-state index contributed by atoms with van der Waals surface area (Å²) in [5, 5.41) is 10.7. The summed E-state index contributed by atoms with van der Waals surface area (Å²) in [6.07, 6.45) is 3.04. The van der Waals surface area contributed by atoms with Crippen molar-refractivity contribution in [1.29, 1.82) is 0 Å². The zero-order valence-corrected chi connectivity index (χ0v) is 21.2. The number of fused-ring (bicyclic) bond motifs is 1. The molecular formula is C26H34BFN3OS. The fourth-order valence-electron chi connectivity index (χ4n) is 5.01. The quantitative estimate of drug-likeness (QED) is 0.344. The maximum atomic E-state index is 14.9. The molecule has 3 atom stereocenters. The first-order valence-electron chi connectivity index (χ1n) is 11.6. The molecular weight excluding hydrogens is 432 g/mol. The Morgan fingerprint density at radius 3 is 2.73 bits per heavy atom. The number of aromatic nitrogens is 2. The van der Waals surface area contributed by atoms with Gasteiger partial charge in [-0.2, -0.15) is 0 Å². The van der Waals surface area contributed by atoms with Crippen molar-refractivity contribution in [2.24, 2.45) is 11.3 Å².